The molecule has 0 aliphatic rings. The lowest BCUT2D eigenvalue weighted by atomic mass is 10.1. The molecule has 7 nitrogen and oxygen atoms in total. The molecule has 0 aliphatic heterocycles. The van der Waals surface area contributed by atoms with Gasteiger partial charge in [0.1, 0.15) is 5.75 Å². The molecule has 3 aromatic rings. The van der Waals surface area contributed by atoms with Crippen molar-refractivity contribution in [3.05, 3.63) is 60.7 Å². The van der Waals surface area contributed by atoms with Gasteiger partial charge in [-0.3, -0.25) is 9.35 Å². The van der Waals surface area contributed by atoms with Crippen molar-refractivity contribution in [3.8, 4) is 5.75 Å². The molecule has 0 heterocycles. The molecule has 0 unspecified atom stereocenters. The highest BCUT2D eigenvalue weighted by atomic mass is 32.2. The van der Waals surface area contributed by atoms with Gasteiger partial charge in [0.25, 0.3) is 10.1 Å². The van der Waals surface area contributed by atoms with Crippen molar-refractivity contribution < 1.29 is 22.5 Å². The van der Waals surface area contributed by atoms with Crippen LogP contribution in [-0.4, -0.2) is 18.9 Å². The second-order valence-electron chi connectivity index (χ2n) is 8.85. The zero-order valence-electron chi connectivity index (χ0n) is 20.7. The van der Waals surface area contributed by atoms with Crippen LogP contribution in [0.1, 0.15) is 71.1 Å². The second kappa shape index (κ2) is 13.8. The third-order valence-corrected chi connectivity index (χ3v) is 6.81. The van der Waals surface area contributed by atoms with Gasteiger partial charge in [0.15, 0.2) is 0 Å². The van der Waals surface area contributed by atoms with E-state index >= 15 is 0 Å². The van der Waals surface area contributed by atoms with E-state index in [2.05, 4.69) is 17.2 Å². The molecule has 0 aromatic heterocycles. The molecule has 8 heteroatoms. The van der Waals surface area contributed by atoms with E-state index in [0.29, 0.717) is 17.9 Å². The Labute approximate surface area is 213 Å². The SMILES string of the molecule is CCCCCCCCCCCC(=O)Oc1ccc(N=Nc2cccc(S(=O)(=O)O)c2)c2ccccc12. The van der Waals surface area contributed by atoms with Gasteiger partial charge in [0, 0.05) is 17.2 Å². The minimum atomic E-state index is -4.33. The molecule has 0 atom stereocenters. The van der Waals surface area contributed by atoms with Crippen molar-refractivity contribution >= 4 is 38.2 Å². The summed E-state index contributed by atoms with van der Waals surface area (Å²) in [5, 5.41) is 9.86. The lowest BCUT2D eigenvalue weighted by Crippen LogP contribution is -2.07. The van der Waals surface area contributed by atoms with E-state index in [1.807, 2.05) is 24.3 Å². The predicted molar refractivity (Wildman–Crippen MR) is 142 cm³/mol. The number of ether oxygens (including phenoxy) is 1. The summed E-state index contributed by atoms with van der Waals surface area (Å²) < 4.78 is 37.6. The molecule has 0 amide bonds. The molecule has 3 rings (SSSR count). The lowest BCUT2D eigenvalue weighted by Gasteiger charge is -2.09. The third kappa shape index (κ3) is 8.53. The number of hydrogen-bond acceptors (Lipinski definition) is 6. The summed E-state index contributed by atoms with van der Waals surface area (Å²) in [6, 6.07) is 16.4. The van der Waals surface area contributed by atoms with Crippen LogP contribution in [0.15, 0.2) is 75.8 Å². The number of carbonyl (C=O) groups is 1. The minimum absolute atomic E-state index is 0.250. The van der Waals surface area contributed by atoms with Crippen molar-refractivity contribution in [2.45, 2.75) is 76.0 Å². The zero-order chi connectivity index (χ0) is 25.8. The Bertz CT molecular complexity index is 1290. The van der Waals surface area contributed by atoms with Crippen molar-refractivity contribution in [1.29, 1.82) is 0 Å². The summed E-state index contributed by atoms with van der Waals surface area (Å²) >= 11 is 0. The number of fused-ring (bicyclic) bond motifs is 1. The van der Waals surface area contributed by atoms with Crippen LogP contribution in [0.5, 0.6) is 5.75 Å². The molecule has 0 bridgehead atoms. The van der Waals surface area contributed by atoms with Gasteiger partial charge in [-0.15, -0.1) is 5.11 Å². The summed E-state index contributed by atoms with van der Waals surface area (Å²) in [6.07, 6.45) is 11.1. The number of nitrogens with zero attached hydrogens (tertiary/aromatic N) is 2. The number of benzene rings is 3. The second-order valence-corrected chi connectivity index (χ2v) is 10.3. The topological polar surface area (TPSA) is 105 Å². The summed E-state index contributed by atoms with van der Waals surface area (Å²) in [7, 11) is -4.33. The standard InChI is InChI=1S/C28H34N2O5S/c1-2-3-4-5-6-7-8-9-10-18-28(31)35-27-20-19-26(24-16-11-12-17-25(24)27)30-29-22-14-13-15-23(21-22)36(32,33)34/h11-17,19-21H,2-10,18H2,1H3,(H,32,33,34). The molecule has 36 heavy (non-hydrogen) atoms. The Morgan fingerprint density at radius 3 is 2.17 bits per heavy atom. The number of esters is 1. The molecule has 1 N–H and O–H groups in total. The molecule has 0 aliphatic carbocycles. The predicted octanol–water partition coefficient (Wildman–Crippen LogP) is 8.33. The number of rotatable bonds is 14. The normalized spacial score (nSPS) is 11.8. The first-order valence-corrected chi connectivity index (χ1v) is 14.0. The van der Waals surface area contributed by atoms with Crippen LogP contribution in [0.25, 0.3) is 10.8 Å². The van der Waals surface area contributed by atoms with Gasteiger partial charge in [-0.05, 0) is 36.8 Å². The lowest BCUT2D eigenvalue weighted by molar-refractivity contribution is -0.134. The van der Waals surface area contributed by atoms with E-state index in [-0.39, 0.29) is 16.6 Å². The molecule has 0 fully saturated rings. The summed E-state index contributed by atoms with van der Waals surface area (Å²) in [5.41, 5.74) is 0.826. The van der Waals surface area contributed by atoms with Crippen LogP contribution >= 0.6 is 0 Å². The number of hydrogen-bond donors (Lipinski definition) is 1. The molecular weight excluding hydrogens is 476 g/mol. The van der Waals surface area contributed by atoms with Gasteiger partial charge in [-0.1, -0.05) is 88.6 Å². The van der Waals surface area contributed by atoms with Gasteiger partial charge in [-0.25, -0.2) is 0 Å². The van der Waals surface area contributed by atoms with Crippen molar-refractivity contribution in [1.82, 2.24) is 0 Å². The van der Waals surface area contributed by atoms with Crippen LogP contribution < -0.4 is 4.74 Å². The average molecular weight is 511 g/mol. The van der Waals surface area contributed by atoms with Crippen LogP contribution in [0.2, 0.25) is 0 Å². The summed E-state index contributed by atoms with van der Waals surface area (Å²) in [5.74, 6) is 0.221. The van der Waals surface area contributed by atoms with E-state index in [4.69, 9.17) is 4.74 Å². The van der Waals surface area contributed by atoms with Crippen molar-refractivity contribution in [2.75, 3.05) is 0 Å². The first-order chi connectivity index (χ1) is 17.4. The smallest absolute Gasteiger partial charge is 0.311 e. The Kier molecular flexibility index (Phi) is 10.6. The first kappa shape index (κ1) is 27.5. The first-order valence-electron chi connectivity index (χ1n) is 12.6. The average Bonchev–Trinajstić information content (AvgIpc) is 2.87. The largest absolute Gasteiger partial charge is 0.426 e. The van der Waals surface area contributed by atoms with Gasteiger partial charge in [0.2, 0.25) is 0 Å². The Morgan fingerprint density at radius 2 is 1.47 bits per heavy atom. The highest BCUT2D eigenvalue weighted by molar-refractivity contribution is 7.85. The fourth-order valence-electron chi connectivity index (χ4n) is 4.00. The molecule has 0 radical (unpaired) electrons. The third-order valence-electron chi connectivity index (χ3n) is 5.96. The Balaban J connectivity index is 1.59. The maximum absolute atomic E-state index is 12.4. The van der Waals surface area contributed by atoms with E-state index in [0.717, 1.165) is 30.0 Å². The van der Waals surface area contributed by atoms with E-state index in [9.17, 15) is 17.8 Å². The molecule has 192 valence electrons. The molecule has 0 saturated heterocycles. The van der Waals surface area contributed by atoms with Gasteiger partial charge in [0.05, 0.1) is 16.3 Å². The Hall–Kier alpha value is -3.10. The quantitative estimate of drug-likeness (QED) is 0.0771. The highest BCUT2D eigenvalue weighted by Gasteiger charge is 2.12. The maximum atomic E-state index is 12.4. The van der Waals surface area contributed by atoms with Crippen molar-refractivity contribution in [3.63, 3.8) is 0 Å². The fraction of sp³-hybridized carbons (Fsp3) is 0.393. The fourth-order valence-corrected chi connectivity index (χ4v) is 4.52. The minimum Gasteiger partial charge on any atom is -0.426 e. The van der Waals surface area contributed by atoms with Gasteiger partial charge >= 0.3 is 5.97 Å². The molecular formula is C28H34N2O5S. The zero-order valence-corrected chi connectivity index (χ0v) is 21.5. The highest BCUT2D eigenvalue weighted by Crippen LogP contribution is 2.34. The summed E-state index contributed by atoms with van der Waals surface area (Å²) in [6.45, 7) is 2.22. The summed E-state index contributed by atoms with van der Waals surface area (Å²) in [4.78, 5) is 12.2. The van der Waals surface area contributed by atoms with Crippen LogP contribution in [-0.2, 0) is 14.9 Å². The van der Waals surface area contributed by atoms with Crippen molar-refractivity contribution in [2.24, 2.45) is 10.2 Å². The van der Waals surface area contributed by atoms with E-state index < -0.39 is 10.1 Å². The molecule has 3 aromatic carbocycles. The van der Waals surface area contributed by atoms with Gasteiger partial charge < -0.3 is 4.74 Å². The van der Waals surface area contributed by atoms with Gasteiger partial charge in [-0.2, -0.15) is 13.5 Å². The van der Waals surface area contributed by atoms with Crippen LogP contribution in [0.3, 0.4) is 0 Å². The number of azo groups is 1. The van der Waals surface area contributed by atoms with E-state index in [1.54, 1.807) is 18.2 Å². The van der Waals surface area contributed by atoms with E-state index in [1.165, 1.54) is 56.7 Å². The monoisotopic (exact) mass is 510 g/mol. The number of unbranched alkanes of at least 4 members (excludes halogenated alkanes) is 8. The van der Waals surface area contributed by atoms with Crippen LogP contribution in [0.4, 0.5) is 11.4 Å². The molecule has 0 saturated carbocycles. The van der Waals surface area contributed by atoms with Crippen LogP contribution in [0, 0.1) is 0 Å². The molecule has 0 spiro atoms. The Morgan fingerprint density at radius 1 is 0.806 bits per heavy atom. The number of carbonyl (C=O) groups excluding carboxylic acids is 1. The maximum Gasteiger partial charge on any atom is 0.311 e.